The Bertz CT molecular complexity index is 905. The van der Waals surface area contributed by atoms with E-state index in [-0.39, 0.29) is 0 Å². The van der Waals surface area contributed by atoms with Gasteiger partial charge in [-0.15, -0.1) is 0 Å². The summed E-state index contributed by atoms with van der Waals surface area (Å²) in [5.74, 6) is 0.577. The third-order valence-electron chi connectivity index (χ3n) is 5.61. The van der Waals surface area contributed by atoms with Crippen LogP contribution in [0.4, 0.5) is 0 Å². The predicted octanol–water partition coefficient (Wildman–Crippen LogP) is 4.35. The van der Waals surface area contributed by atoms with Gasteiger partial charge in [0.15, 0.2) is 0 Å². The van der Waals surface area contributed by atoms with Crippen molar-refractivity contribution in [3.8, 4) is 0 Å². The summed E-state index contributed by atoms with van der Waals surface area (Å²) < 4.78 is 2.44. The minimum absolute atomic E-state index is 0.577. The average Bonchev–Trinajstić information content (AvgIpc) is 2.86. The second kappa shape index (κ2) is 6.30. The molecule has 25 heavy (non-hydrogen) atoms. The number of rotatable bonds is 3. The zero-order valence-corrected chi connectivity index (χ0v) is 15.7. The number of aromatic nitrogens is 2. The molecule has 1 aliphatic rings. The summed E-state index contributed by atoms with van der Waals surface area (Å²) in [5, 5.41) is 1.44. The molecule has 0 fully saturated rings. The van der Waals surface area contributed by atoms with E-state index >= 15 is 0 Å². The molecule has 0 radical (unpaired) electrons. The van der Waals surface area contributed by atoms with Gasteiger partial charge in [-0.1, -0.05) is 17.7 Å². The highest BCUT2D eigenvalue weighted by atomic mass is 15.1. The largest absolute Gasteiger partial charge is 0.347 e. The standard InChI is InChI=1S/C22H27N3/c1-15-5-10-21-19(11-15)20-14-24(3)13-18(22(20)25(21)4)9-8-17-7-6-16(2)23-12-17/h5-7,10-12,18H,8-9,13-14H2,1-4H3. The zero-order valence-electron chi connectivity index (χ0n) is 15.7. The molecular weight excluding hydrogens is 306 g/mol. The number of hydrogen-bond donors (Lipinski definition) is 0. The monoisotopic (exact) mass is 333 g/mol. The average molecular weight is 333 g/mol. The summed E-state index contributed by atoms with van der Waals surface area (Å²) >= 11 is 0. The van der Waals surface area contributed by atoms with Gasteiger partial charge in [0.2, 0.25) is 0 Å². The first-order valence-corrected chi connectivity index (χ1v) is 9.21. The molecule has 3 heteroatoms. The molecule has 130 valence electrons. The maximum atomic E-state index is 4.45. The summed E-state index contributed by atoms with van der Waals surface area (Å²) in [7, 11) is 4.49. The van der Waals surface area contributed by atoms with Gasteiger partial charge in [-0.05, 0) is 63.1 Å². The molecule has 3 heterocycles. The topological polar surface area (TPSA) is 21.1 Å². The summed E-state index contributed by atoms with van der Waals surface area (Å²) in [5.41, 5.74) is 8.22. The van der Waals surface area contributed by atoms with Crippen molar-refractivity contribution in [3.05, 3.63) is 64.6 Å². The van der Waals surface area contributed by atoms with E-state index in [2.05, 4.69) is 65.8 Å². The molecule has 0 saturated heterocycles. The number of hydrogen-bond acceptors (Lipinski definition) is 2. The second-order valence-corrected chi connectivity index (χ2v) is 7.68. The quantitative estimate of drug-likeness (QED) is 0.710. The van der Waals surface area contributed by atoms with Gasteiger partial charge in [0.1, 0.15) is 0 Å². The van der Waals surface area contributed by atoms with Crippen LogP contribution in [0.3, 0.4) is 0 Å². The molecule has 3 aromatic rings. The molecule has 1 unspecified atom stereocenters. The van der Waals surface area contributed by atoms with Crippen LogP contribution < -0.4 is 0 Å². The van der Waals surface area contributed by atoms with Crippen LogP contribution in [0.5, 0.6) is 0 Å². The van der Waals surface area contributed by atoms with Crippen LogP contribution in [-0.2, 0) is 20.0 Å². The zero-order chi connectivity index (χ0) is 17.6. The highest BCUT2D eigenvalue weighted by molar-refractivity contribution is 5.86. The van der Waals surface area contributed by atoms with Crippen molar-refractivity contribution >= 4 is 10.9 Å². The minimum Gasteiger partial charge on any atom is -0.347 e. The van der Waals surface area contributed by atoms with Crippen LogP contribution >= 0.6 is 0 Å². The number of likely N-dealkylation sites (N-methyl/N-ethyl adjacent to an activating group) is 1. The molecule has 2 aromatic heterocycles. The highest BCUT2D eigenvalue weighted by Crippen LogP contribution is 2.37. The summed E-state index contributed by atoms with van der Waals surface area (Å²) in [4.78, 5) is 6.92. The number of nitrogens with zero attached hydrogens (tertiary/aromatic N) is 3. The Morgan fingerprint density at radius 2 is 1.96 bits per heavy atom. The van der Waals surface area contributed by atoms with E-state index in [0.717, 1.165) is 25.2 Å². The van der Waals surface area contributed by atoms with Crippen LogP contribution in [0.15, 0.2) is 36.5 Å². The SMILES string of the molecule is Cc1ccc2c(c1)c1c(n2C)C(CCc2ccc(C)nc2)CN(C)C1. The van der Waals surface area contributed by atoms with Crippen LogP contribution in [0.2, 0.25) is 0 Å². The van der Waals surface area contributed by atoms with E-state index in [1.807, 2.05) is 13.1 Å². The minimum atomic E-state index is 0.577. The van der Waals surface area contributed by atoms with Gasteiger partial charge in [0.05, 0.1) is 0 Å². The van der Waals surface area contributed by atoms with Crippen LogP contribution in [0.1, 0.15) is 40.4 Å². The van der Waals surface area contributed by atoms with E-state index < -0.39 is 0 Å². The fourth-order valence-corrected chi connectivity index (χ4v) is 4.35. The molecule has 4 rings (SSSR count). The molecule has 1 aliphatic heterocycles. The number of fused-ring (bicyclic) bond motifs is 3. The third-order valence-corrected chi connectivity index (χ3v) is 5.61. The van der Waals surface area contributed by atoms with Gasteiger partial charge in [-0.3, -0.25) is 4.98 Å². The molecule has 3 nitrogen and oxygen atoms in total. The number of benzene rings is 1. The normalized spacial score (nSPS) is 17.8. The van der Waals surface area contributed by atoms with Crippen molar-refractivity contribution < 1.29 is 0 Å². The van der Waals surface area contributed by atoms with Crippen molar-refractivity contribution in [2.75, 3.05) is 13.6 Å². The van der Waals surface area contributed by atoms with Crippen LogP contribution in [-0.4, -0.2) is 28.0 Å². The second-order valence-electron chi connectivity index (χ2n) is 7.68. The van der Waals surface area contributed by atoms with Crippen molar-refractivity contribution in [1.29, 1.82) is 0 Å². The maximum absolute atomic E-state index is 4.45. The summed E-state index contributed by atoms with van der Waals surface area (Å²) in [6.45, 7) is 6.42. The van der Waals surface area contributed by atoms with Gasteiger partial charge < -0.3 is 9.47 Å². The Morgan fingerprint density at radius 3 is 2.72 bits per heavy atom. The lowest BCUT2D eigenvalue weighted by Crippen LogP contribution is -2.31. The Labute approximate surface area is 150 Å². The molecule has 1 aromatic carbocycles. The molecule has 0 spiro atoms. The van der Waals surface area contributed by atoms with Crippen molar-refractivity contribution in [2.45, 2.75) is 39.2 Å². The Kier molecular flexibility index (Phi) is 4.12. The molecule has 0 amide bonds. The Morgan fingerprint density at radius 1 is 1.12 bits per heavy atom. The van der Waals surface area contributed by atoms with Crippen LogP contribution in [0.25, 0.3) is 10.9 Å². The van der Waals surface area contributed by atoms with E-state index in [1.165, 1.54) is 34.0 Å². The number of aryl methyl sites for hydroxylation is 4. The van der Waals surface area contributed by atoms with Gasteiger partial charge in [0, 0.05) is 54.5 Å². The van der Waals surface area contributed by atoms with Crippen molar-refractivity contribution in [1.82, 2.24) is 14.5 Å². The van der Waals surface area contributed by atoms with Gasteiger partial charge in [-0.25, -0.2) is 0 Å². The van der Waals surface area contributed by atoms with Crippen LogP contribution in [0, 0.1) is 13.8 Å². The molecule has 0 aliphatic carbocycles. The lowest BCUT2D eigenvalue weighted by atomic mass is 9.90. The van der Waals surface area contributed by atoms with Crippen molar-refractivity contribution in [3.63, 3.8) is 0 Å². The predicted molar refractivity (Wildman–Crippen MR) is 104 cm³/mol. The smallest absolute Gasteiger partial charge is 0.0483 e. The van der Waals surface area contributed by atoms with Gasteiger partial charge in [0.25, 0.3) is 0 Å². The van der Waals surface area contributed by atoms with Crippen molar-refractivity contribution in [2.24, 2.45) is 7.05 Å². The first-order chi connectivity index (χ1) is 12.0. The lowest BCUT2D eigenvalue weighted by molar-refractivity contribution is 0.270. The molecule has 0 N–H and O–H groups in total. The van der Waals surface area contributed by atoms with E-state index in [4.69, 9.17) is 0 Å². The van der Waals surface area contributed by atoms with E-state index in [9.17, 15) is 0 Å². The fourth-order valence-electron chi connectivity index (χ4n) is 4.35. The van der Waals surface area contributed by atoms with E-state index in [0.29, 0.717) is 5.92 Å². The molecule has 0 saturated carbocycles. The summed E-state index contributed by atoms with van der Waals surface area (Å²) in [6, 6.07) is 11.2. The van der Waals surface area contributed by atoms with Gasteiger partial charge >= 0.3 is 0 Å². The Hall–Kier alpha value is -2.13. The van der Waals surface area contributed by atoms with Gasteiger partial charge in [-0.2, -0.15) is 0 Å². The first kappa shape index (κ1) is 16.3. The fraction of sp³-hybridized carbons (Fsp3) is 0.409. The first-order valence-electron chi connectivity index (χ1n) is 9.21. The Balaban J connectivity index is 1.69. The summed E-state index contributed by atoms with van der Waals surface area (Å²) in [6.07, 6.45) is 4.30. The third kappa shape index (κ3) is 2.98. The molecule has 1 atom stereocenters. The highest BCUT2D eigenvalue weighted by Gasteiger charge is 2.28. The van der Waals surface area contributed by atoms with E-state index in [1.54, 1.807) is 5.69 Å². The molecular formula is C22H27N3. The lowest BCUT2D eigenvalue weighted by Gasteiger charge is -2.31. The maximum Gasteiger partial charge on any atom is 0.0483 e. The molecule has 0 bridgehead atoms. The number of pyridine rings is 1.